The third kappa shape index (κ3) is 3.64. The van der Waals surface area contributed by atoms with Crippen molar-refractivity contribution in [2.24, 2.45) is 5.10 Å². The molecule has 0 saturated carbocycles. The van der Waals surface area contributed by atoms with Crippen LogP contribution in [0.2, 0.25) is 0 Å². The minimum atomic E-state index is -2.35. The van der Waals surface area contributed by atoms with Gasteiger partial charge in [-0.2, -0.15) is 10.1 Å². The fourth-order valence-electron chi connectivity index (χ4n) is 3.35. The first kappa shape index (κ1) is 22.9. The predicted octanol–water partition coefficient (Wildman–Crippen LogP) is 5.45. The molecular weight excluding hydrogens is 463 g/mol. The predicted molar refractivity (Wildman–Crippen MR) is 111 cm³/mol. The number of carboxylic acids is 1. The molecule has 2 aromatic carbocycles. The van der Waals surface area contributed by atoms with Gasteiger partial charge < -0.3 is 9.52 Å². The topological polar surface area (TPSA) is 83.1 Å². The Labute approximate surface area is 188 Å². The van der Waals surface area contributed by atoms with E-state index < -0.39 is 46.6 Å². The molecule has 0 unspecified atom stereocenters. The van der Waals surface area contributed by atoms with Gasteiger partial charge in [0.05, 0.1) is 16.8 Å². The smallest absolute Gasteiger partial charge is 0.335 e. The van der Waals surface area contributed by atoms with Crippen LogP contribution in [0.1, 0.15) is 28.6 Å². The Kier molecular flexibility index (Phi) is 5.56. The summed E-state index contributed by atoms with van der Waals surface area (Å²) in [5.74, 6) is -13.0. The lowest BCUT2D eigenvalue weighted by molar-refractivity contribution is -0.114. The number of halogens is 5. The normalized spacial score (nSPS) is 14.8. The second-order valence-electron chi connectivity index (χ2n) is 7.32. The minimum Gasteiger partial charge on any atom is -0.478 e. The van der Waals surface area contributed by atoms with E-state index in [4.69, 9.17) is 4.42 Å². The molecule has 0 aliphatic carbocycles. The molecule has 0 radical (unpaired) electrons. The highest BCUT2D eigenvalue weighted by Gasteiger charge is 2.37. The van der Waals surface area contributed by atoms with Crippen molar-refractivity contribution in [3.05, 3.63) is 81.9 Å². The molecule has 0 saturated heterocycles. The number of carboxylic acid groups (broad SMARTS) is 1. The Morgan fingerprint density at radius 2 is 1.59 bits per heavy atom. The zero-order valence-electron chi connectivity index (χ0n) is 17.4. The van der Waals surface area contributed by atoms with Crippen LogP contribution in [0.3, 0.4) is 0 Å². The fourth-order valence-corrected chi connectivity index (χ4v) is 3.35. The molecule has 3 aromatic rings. The molecule has 174 valence electrons. The van der Waals surface area contributed by atoms with Crippen molar-refractivity contribution in [1.82, 2.24) is 0 Å². The Balaban J connectivity index is 1.71. The van der Waals surface area contributed by atoms with Crippen molar-refractivity contribution in [2.45, 2.75) is 13.8 Å². The van der Waals surface area contributed by atoms with Crippen molar-refractivity contribution in [2.75, 3.05) is 5.01 Å². The summed E-state index contributed by atoms with van der Waals surface area (Å²) >= 11 is 0. The highest BCUT2D eigenvalue weighted by molar-refractivity contribution is 6.32. The van der Waals surface area contributed by atoms with Crippen LogP contribution in [0.25, 0.3) is 17.4 Å². The number of carbonyl (C=O) groups is 2. The van der Waals surface area contributed by atoms with Gasteiger partial charge in [-0.3, -0.25) is 4.79 Å². The van der Waals surface area contributed by atoms with Gasteiger partial charge in [0, 0.05) is 5.56 Å². The molecule has 0 spiro atoms. The lowest BCUT2D eigenvalue weighted by atomic mass is 10.0. The van der Waals surface area contributed by atoms with Crippen LogP contribution < -0.4 is 5.01 Å². The molecule has 0 fully saturated rings. The summed E-state index contributed by atoms with van der Waals surface area (Å²) < 4.78 is 74.5. The van der Waals surface area contributed by atoms with Gasteiger partial charge in [0.2, 0.25) is 5.82 Å². The molecule has 4 rings (SSSR count). The number of carbonyl (C=O) groups excluding carboxylic acids is 1. The molecule has 0 bridgehead atoms. The summed E-state index contributed by atoms with van der Waals surface area (Å²) in [4.78, 5) is 24.0. The molecule has 1 aromatic heterocycles. The lowest BCUT2D eigenvalue weighted by Crippen LogP contribution is -2.25. The highest BCUT2D eigenvalue weighted by atomic mass is 19.2. The lowest BCUT2D eigenvalue weighted by Gasteiger charge is -2.14. The van der Waals surface area contributed by atoms with E-state index in [2.05, 4.69) is 5.10 Å². The Morgan fingerprint density at radius 3 is 2.21 bits per heavy atom. The second-order valence-corrected chi connectivity index (χ2v) is 7.32. The van der Waals surface area contributed by atoms with E-state index >= 15 is 0 Å². The van der Waals surface area contributed by atoms with Crippen LogP contribution in [0.4, 0.5) is 27.6 Å². The van der Waals surface area contributed by atoms with Crippen LogP contribution in [0, 0.1) is 36.0 Å². The maximum absolute atomic E-state index is 14.2. The third-order valence-electron chi connectivity index (χ3n) is 5.12. The summed E-state index contributed by atoms with van der Waals surface area (Å²) in [5.41, 5.74) is -0.534. The number of hydrogen-bond acceptors (Lipinski definition) is 4. The number of hydrogen-bond donors (Lipinski definition) is 1. The van der Waals surface area contributed by atoms with Gasteiger partial charge >= 0.3 is 5.97 Å². The second kappa shape index (κ2) is 8.25. The maximum atomic E-state index is 14.2. The van der Waals surface area contributed by atoms with Crippen molar-refractivity contribution < 1.29 is 41.1 Å². The SMILES string of the molecule is CC1=NN(c2c(F)c(F)c(F)c(F)c2F)C(=O)/C1=C/c1ccc(-c2cc(C(=O)O)ccc2C)o1. The van der Waals surface area contributed by atoms with Gasteiger partial charge in [0.15, 0.2) is 23.3 Å². The number of aryl methyl sites for hydroxylation is 1. The zero-order chi connectivity index (χ0) is 24.9. The van der Waals surface area contributed by atoms with Gasteiger partial charge in [0.1, 0.15) is 17.2 Å². The average Bonchev–Trinajstić information content (AvgIpc) is 3.37. The number of furan rings is 1. The van der Waals surface area contributed by atoms with Gasteiger partial charge in [-0.15, -0.1) is 0 Å². The van der Waals surface area contributed by atoms with Crippen LogP contribution >= 0.6 is 0 Å². The van der Waals surface area contributed by atoms with Gasteiger partial charge in [-0.25, -0.2) is 26.7 Å². The van der Waals surface area contributed by atoms with Crippen molar-refractivity contribution in [3.8, 4) is 11.3 Å². The van der Waals surface area contributed by atoms with Crippen molar-refractivity contribution in [3.63, 3.8) is 0 Å². The van der Waals surface area contributed by atoms with Crippen LogP contribution in [0.15, 0.2) is 45.4 Å². The first-order chi connectivity index (χ1) is 16.0. The maximum Gasteiger partial charge on any atom is 0.335 e. The summed E-state index contributed by atoms with van der Waals surface area (Å²) in [6, 6.07) is 7.41. The number of rotatable bonds is 4. The number of anilines is 1. The van der Waals surface area contributed by atoms with E-state index in [1.807, 2.05) is 0 Å². The average molecular weight is 476 g/mol. The number of hydrazone groups is 1. The third-order valence-corrected chi connectivity index (χ3v) is 5.12. The summed E-state index contributed by atoms with van der Waals surface area (Å²) in [5, 5.41) is 12.9. The zero-order valence-corrected chi connectivity index (χ0v) is 17.4. The summed E-state index contributed by atoms with van der Waals surface area (Å²) in [6.45, 7) is 3.04. The van der Waals surface area contributed by atoms with E-state index in [1.165, 1.54) is 37.3 Å². The molecule has 11 heteroatoms. The molecule has 1 amide bonds. The number of nitrogens with zero attached hydrogens (tertiary/aromatic N) is 2. The molecule has 6 nitrogen and oxygen atoms in total. The standard InChI is InChI=1S/C23H13F5N2O4/c1-9-3-4-11(23(32)33)7-13(9)15-6-5-12(34-15)8-14-10(2)29-30(22(14)31)21-19(27)17(25)16(24)18(26)20(21)28/h3-8H,1-2H3,(H,32,33)/b14-8+. The quantitative estimate of drug-likeness (QED) is 0.235. The van der Waals surface area contributed by atoms with E-state index in [9.17, 15) is 36.6 Å². The van der Waals surface area contributed by atoms with Crippen molar-refractivity contribution in [1.29, 1.82) is 0 Å². The number of aromatic carboxylic acids is 1. The number of amides is 1. The Bertz CT molecular complexity index is 1410. The minimum absolute atomic E-state index is 0.0318. The molecule has 1 N–H and O–H groups in total. The first-order valence-corrected chi connectivity index (χ1v) is 9.58. The van der Waals surface area contributed by atoms with Crippen molar-refractivity contribution >= 4 is 29.4 Å². The molecule has 2 heterocycles. The highest BCUT2D eigenvalue weighted by Crippen LogP contribution is 2.34. The Morgan fingerprint density at radius 1 is 0.971 bits per heavy atom. The fraction of sp³-hybridized carbons (Fsp3) is 0.0870. The molecule has 1 aliphatic heterocycles. The van der Waals surface area contributed by atoms with Gasteiger partial charge in [-0.05, 0) is 49.8 Å². The van der Waals surface area contributed by atoms with Crippen LogP contribution in [-0.2, 0) is 4.79 Å². The van der Waals surface area contributed by atoms with Gasteiger partial charge in [-0.1, -0.05) is 6.07 Å². The molecular formula is C23H13F5N2O4. The Hall–Kier alpha value is -4.28. The number of benzene rings is 2. The molecule has 34 heavy (non-hydrogen) atoms. The van der Waals surface area contributed by atoms with E-state index in [1.54, 1.807) is 13.0 Å². The summed E-state index contributed by atoms with van der Waals surface area (Å²) in [7, 11) is 0. The first-order valence-electron chi connectivity index (χ1n) is 9.58. The largest absolute Gasteiger partial charge is 0.478 e. The van der Waals surface area contributed by atoms with Crippen LogP contribution in [0.5, 0.6) is 0 Å². The van der Waals surface area contributed by atoms with E-state index in [0.717, 1.165) is 0 Å². The van der Waals surface area contributed by atoms with Crippen LogP contribution in [-0.4, -0.2) is 22.7 Å². The van der Waals surface area contributed by atoms with E-state index in [-0.39, 0.29) is 33.4 Å². The monoisotopic (exact) mass is 476 g/mol. The van der Waals surface area contributed by atoms with Gasteiger partial charge in [0.25, 0.3) is 5.91 Å². The molecule has 0 atom stereocenters. The van der Waals surface area contributed by atoms with E-state index in [0.29, 0.717) is 11.1 Å². The molecule has 1 aliphatic rings. The summed E-state index contributed by atoms with van der Waals surface area (Å²) in [6.07, 6.45) is 1.19.